The number of hydrogen-bond donors (Lipinski definition) is 1. The van der Waals surface area contributed by atoms with Gasteiger partial charge in [0.1, 0.15) is 11.6 Å². The molecule has 1 N–H and O–H groups in total. The van der Waals surface area contributed by atoms with Crippen molar-refractivity contribution in [3.05, 3.63) is 41.4 Å². The van der Waals surface area contributed by atoms with Crippen LogP contribution >= 0.6 is 0 Å². The topological polar surface area (TPSA) is 68.3 Å². The summed E-state index contributed by atoms with van der Waals surface area (Å²) in [6.45, 7) is 4.39. The van der Waals surface area contributed by atoms with Gasteiger partial charge in [0.15, 0.2) is 0 Å². The monoisotopic (exact) mass is 234 g/mol. The van der Waals surface area contributed by atoms with E-state index in [1.807, 2.05) is 17.7 Å². The zero-order valence-electron chi connectivity index (χ0n) is 9.80. The molecule has 0 amide bonds. The summed E-state index contributed by atoms with van der Waals surface area (Å²) in [5.41, 5.74) is 0.870. The molecular formula is C12H14N2O3. The molecule has 2 heterocycles. The van der Waals surface area contributed by atoms with Gasteiger partial charge in [-0.05, 0) is 13.0 Å². The number of rotatable bonds is 4. The molecule has 0 aliphatic heterocycles. The predicted octanol–water partition coefficient (Wildman–Crippen LogP) is 2.09. The number of carbonyl (C=O) groups is 1. The van der Waals surface area contributed by atoms with Gasteiger partial charge in [0.05, 0.1) is 6.54 Å². The van der Waals surface area contributed by atoms with E-state index in [1.54, 1.807) is 19.2 Å². The van der Waals surface area contributed by atoms with E-state index in [0.29, 0.717) is 12.3 Å². The summed E-state index contributed by atoms with van der Waals surface area (Å²) in [5, 5.41) is 8.84. The Morgan fingerprint density at radius 3 is 2.94 bits per heavy atom. The second-order valence-corrected chi connectivity index (χ2v) is 3.82. The number of aromatic nitrogens is 2. The second-order valence-electron chi connectivity index (χ2n) is 3.82. The van der Waals surface area contributed by atoms with Crippen LogP contribution in [0.15, 0.2) is 22.9 Å². The molecule has 5 nitrogen and oxygen atoms in total. The summed E-state index contributed by atoms with van der Waals surface area (Å²) in [4.78, 5) is 15.0. The molecule has 2 rings (SSSR count). The Morgan fingerprint density at radius 2 is 2.35 bits per heavy atom. The number of imidazole rings is 1. The van der Waals surface area contributed by atoms with E-state index in [-0.39, 0.29) is 5.76 Å². The van der Waals surface area contributed by atoms with E-state index in [1.165, 1.54) is 0 Å². The molecule has 0 saturated heterocycles. The van der Waals surface area contributed by atoms with Crippen molar-refractivity contribution < 1.29 is 14.3 Å². The minimum Gasteiger partial charge on any atom is -0.475 e. The van der Waals surface area contributed by atoms with Gasteiger partial charge in [-0.25, -0.2) is 9.78 Å². The SMILES string of the molecule is CCc1nccn1Cc1cc(C(=O)O)oc1C. The normalized spacial score (nSPS) is 10.7. The maximum Gasteiger partial charge on any atom is 0.371 e. The predicted molar refractivity (Wildman–Crippen MR) is 61.1 cm³/mol. The van der Waals surface area contributed by atoms with Crippen LogP contribution in [0.3, 0.4) is 0 Å². The molecule has 5 heteroatoms. The van der Waals surface area contributed by atoms with Crippen molar-refractivity contribution in [2.45, 2.75) is 26.8 Å². The molecule has 2 aromatic rings. The summed E-state index contributed by atoms with van der Waals surface area (Å²) in [6.07, 6.45) is 4.47. The van der Waals surface area contributed by atoms with Gasteiger partial charge < -0.3 is 14.1 Å². The molecule has 2 aromatic heterocycles. The molecule has 0 radical (unpaired) electrons. The highest BCUT2D eigenvalue weighted by molar-refractivity contribution is 5.84. The summed E-state index contributed by atoms with van der Waals surface area (Å²) in [6, 6.07) is 1.57. The lowest BCUT2D eigenvalue weighted by Gasteiger charge is -2.04. The first-order valence-electron chi connectivity index (χ1n) is 5.44. The van der Waals surface area contributed by atoms with Gasteiger partial charge in [-0.3, -0.25) is 0 Å². The Hall–Kier alpha value is -2.04. The van der Waals surface area contributed by atoms with Crippen LogP contribution in [0.4, 0.5) is 0 Å². The van der Waals surface area contributed by atoms with E-state index in [2.05, 4.69) is 4.98 Å². The molecule has 0 aromatic carbocycles. The van der Waals surface area contributed by atoms with Gasteiger partial charge in [0.2, 0.25) is 5.76 Å². The van der Waals surface area contributed by atoms with Gasteiger partial charge in [-0.2, -0.15) is 0 Å². The van der Waals surface area contributed by atoms with E-state index >= 15 is 0 Å². The molecule has 0 unspecified atom stereocenters. The molecule has 17 heavy (non-hydrogen) atoms. The minimum absolute atomic E-state index is 0.0179. The first kappa shape index (κ1) is 11.4. The molecule has 0 atom stereocenters. The number of aromatic carboxylic acids is 1. The van der Waals surface area contributed by atoms with Gasteiger partial charge in [-0.15, -0.1) is 0 Å². The Balaban J connectivity index is 2.27. The average molecular weight is 234 g/mol. The molecular weight excluding hydrogens is 220 g/mol. The largest absolute Gasteiger partial charge is 0.475 e. The summed E-state index contributed by atoms with van der Waals surface area (Å²) in [7, 11) is 0. The number of aryl methyl sites for hydroxylation is 2. The molecule has 0 spiro atoms. The Labute approximate surface area is 98.7 Å². The second kappa shape index (κ2) is 4.45. The Bertz CT molecular complexity index is 540. The van der Waals surface area contributed by atoms with Crippen molar-refractivity contribution in [1.82, 2.24) is 9.55 Å². The molecule has 90 valence electrons. The quantitative estimate of drug-likeness (QED) is 0.879. The van der Waals surface area contributed by atoms with Gasteiger partial charge in [0.25, 0.3) is 0 Å². The third kappa shape index (κ3) is 2.22. The molecule has 0 aliphatic carbocycles. The number of hydrogen-bond acceptors (Lipinski definition) is 3. The zero-order valence-corrected chi connectivity index (χ0v) is 9.80. The van der Waals surface area contributed by atoms with Crippen molar-refractivity contribution >= 4 is 5.97 Å². The zero-order chi connectivity index (χ0) is 12.4. The van der Waals surface area contributed by atoms with Crippen LogP contribution in [0.1, 0.15) is 34.6 Å². The lowest BCUT2D eigenvalue weighted by atomic mass is 10.2. The highest BCUT2D eigenvalue weighted by atomic mass is 16.4. The standard InChI is InChI=1S/C12H14N2O3/c1-3-11-13-4-5-14(11)7-9-6-10(12(15)16)17-8(9)2/h4-6H,3,7H2,1-2H3,(H,15,16). The highest BCUT2D eigenvalue weighted by Gasteiger charge is 2.13. The van der Waals surface area contributed by atoms with Crippen LogP contribution in [0.25, 0.3) is 0 Å². The van der Waals surface area contributed by atoms with E-state index in [4.69, 9.17) is 9.52 Å². The van der Waals surface area contributed by atoms with Crippen LogP contribution in [0.5, 0.6) is 0 Å². The molecule has 0 fully saturated rings. The number of carboxylic acid groups (broad SMARTS) is 1. The van der Waals surface area contributed by atoms with E-state index in [9.17, 15) is 4.79 Å². The fourth-order valence-electron chi connectivity index (χ4n) is 1.76. The minimum atomic E-state index is -1.04. The molecule has 0 bridgehead atoms. The fraction of sp³-hybridized carbons (Fsp3) is 0.333. The summed E-state index contributed by atoms with van der Waals surface area (Å²) < 4.78 is 7.15. The summed E-state index contributed by atoms with van der Waals surface area (Å²) >= 11 is 0. The van der Waals surface area contributed by atoms with Crippen molar-refractivity contribution in [2.24, 2.45) is 0 Å². The fourth-order valence-corrected chi connectivity index (χ4v) is 1.76. The van der Waals surface area contributed by atoms with Gasteiger partial charge >= 0.3 is 5.97 Å². The average Bonchev–Trinajstić information content (AvgIpc) is 2.87. The van der Waals surface area contributed by atoms with Crippen LogP contribution in [-0.4, -0.2) is 20.6 Å². The Kier molecular flexibility index (Phi) is 2.99. The number of carboxylic acids is 1. The first-order chi connectivity index (χ1) is 8.11. The van der Waals surface area contributed by atoms with E-state index in [0.717, 1.165) is 17.8 Å². The third-order valence-corrected chi connectivity index (χ3v) is 2.69. The molecule has 0 saturated carbocycles. The van der Waals surface area contributed by atoms with Gasteiger partial charge in [0, 0.05) is 24.4 Å². The smallest absolute Gasteiger partial charge is 0.371 e. The van der Waals surface area contributed by atoms with Crippen LogP contribution in [0.2, 0.25) is 0 Å². The first-order valence-corrected chi connectivity index (χ1v) is 5.44. The molecule has 0 aliphatic rings. The Morgan fingerprint density at radius 1 is 1.59 bits per heavy atom. The third-order valence-electron chi connectivity index (χ3n) is 2.69. The number of furan rings is 1. The maximum atomic E-state index is 10.8. The van der Waals surface area contributed by atoms with Crippen LogP contribution < -0.4 is 0 Å². The van der Waals surface area contributed by atoms with Crippen molar-refractivity contribution in [3.63, 3.8) is 0 Å². The number of nitrogens with zero attached hydrogens (tertiary/aromatic N) is 2. The highest BCUT2D eigenvalue weighted by Crippen LogP contribution is 2.16. The lowest BCUT2D eigenvalue weighted by molar-refractivity contribution is 0.0661. The lowest BCUT2D eigenvalue weighted by Crippen LogP contribution is -2.03. The van der Waals surface area contributed by atoms with Gasteiger partial charge in [-0.1, -0.05) is 6.92 Å². The van der Waals surface area contributed by atoms with E-state index < -0.39 is 5.97 Å². The summed E-state index contributed by atoms with van der Waals surface area (Å²) in [5.74, 6) is 0.553. The van der Waals surface area contributed by atoms with Crippen LogP contribution in [0, 0.1) is 6.92 Å². The maximum absolute atomic E-state index is 10.8. The van der Waals surface area contributed by atoms with Crippen molar-refractivity contribution in [3.8, 4) is 0 Å². The van der Waals surface area contributed by atoms with Crippen molar-refractivity contribution in [2.75, 3.05) is 0 Å². The van der Waals surface area contributed by atoms with Crippen LogP contribution in [-0.2, 0) is 13.0 Å². The van der Waals surface area contributed by atoms with Crippen molar-refractivity contribution in [1.29, 1.82) is 0 Å².